The molecular weight excluding hydrogens is 290 g/mol. The Morgan fingerprint density at radius 1 is 1.00 bits per heavy atom. The summed E-state index contributed by atoms with van der Waals surface area (Å²) in [5, 5.41) is 0. The van der Waals surface area contributed by atoms with E-state index < -0.39 is 32.9 Å². The fourth-order valence-electron chi connectivity index (χ4n) is 0.588. The van der Waals surface area contributed by atoms with Crippen molar-refractivity contribution in [1.29, 1.82) is 0 Å². The van der Waals surface area contributed by atoms with Gasteiger partial charge in [0.05, 0.1) is 0 Å². The highest BCUT2D eigenvalue weighted by Gasteiger charge is 2.51. The van der Waals surface area contributed by atoms with Gasteiger partial charge in [0.2, 0.25) is 0 Å². The Morgan fingerprint density at radius 2 is 1.28 bits per heavy atom. The first-order valence-corrected chi connectivity index (χ1v) is 6.45. The van der Waals surface area contributed by atoms with Crippen molar-refractivity contribution < 1.29 is 44.8 Å². The molecule has 0 radical (unpaired) electrons. The molecule has 0 aliphatic rings. The van der Waals surface area contributed by atoms with E-state index in [2.05, 4.69) is 15.4 Å². The van der Waals surface area contributed by atoms with Gasteiger partial charge < -0.3 is 8.85 Å². The normalized spacial score (nSPS) is 12.8. The Hall–Kier alpha value is -1.52. The van der Waals surface area contributed by atoms with E-state index in [-0.39, 0.29) is 0 Å². The quantitative estimate of drug-likeness (QED) is 0.590. The van der Waals surface area contributed by atoms with Crippen LogP contribution in [0.25, 0.3) is 0 Å². The lowest BCUT2D eigenvalue weighted by Crippen LogP contribution is -2.47. The summed E-state index contributed by atoms with van der Waals surface area (Å²) in [6.07, 6.45) is -10.8. The van der Waals surface area contributed by atoms with Gasteiger partial charge in [-0.1, -0.05) is 0 Å². The van der Waals surface area contributed by atoms with E-state index in [4.69, 9.17) is 0 Å². The number of rotatable bonds is 3. The average Bonchev–Trinajstić information content (AvgIpc) is 2.14. The molecule has 0 amide bonds. The van der Waals surface area contributed by atoms with Gasteiger partial charge in [-0.2, -0.15) is 26.3 Å². The van der Waals surface area contributed by atoms with Crippen LogP contribution in [-0.2, 0) is 18.4 Å². The van der Waals surface area contributed by atoms with Crippen LogP contribution in [-0.4, -0.2) is 32.9 Å². The van der Waals surface area contributed by atoms with Gasteiger partial charge >= 0.3 is 32.9 Å². The minimum atomic E-state index is -5.41. The fraction of sp³-hybridized carbons (Fsp3) is 0.429. The van der Waals surface area contributed by atoms with Gasteiger partial charge in [0, 0.05) is 6.55 Å². The third kappa shape index (κ3) is 4.77. The molecule has 0 rings (SSSR count). The molecule has 0 saturated heterocycles. The molecule has 0 heterocycles. The van der Waals surface area contributed by atoms with Crippen molar-refractivity contribution >= 4 is 20.5 Å². The summed E-state index contributed by atoms with van der Waals surface area (Å²) in [5.74, 6) is -5.52. The standard InChI is InChI=1S/C7H6F6O4Si/c1-3-18(2,16-4(14)6(8,9)10)17-5(15)7(11,12)13/h3H,1H2,2H3. The van der Waals surface area contributed by atoms with E-state index in [9.17, 15) is 35.9 Å². The minimum absolute atomic E-state index is 0.445. The number of alkyl halides is 6. The van der Waals surface area contributed by atoms with Gasteiger partial charge in [0.1, 0.15) is 0 Å². The molecule has 11 heteroatoms. The van der Waals surface area contributed by atoms with Crippen molar-refractivity contribution in [3.8, 4) is 0 Å². The fourth-order valence-corrected chi connectivity index (χ4v) is 1.76. The SMILES string of the molecule is C=C[Si](C)(OC(=O)C(F)(F)F)OC(=O)C(F)(F)F. The molecule has 0 aromatic rings. The van der Waals surface area contributed by atoms with Crippen LogP contribution in [0, 0.1) is 0 Å². The molecule has 0 aromatic carbocycles. The van der Waals surface area contributed by atoms with Gasteiger partial charge in [0.25, 0.3) is 0 Å². The van der Waals surface area contributed by atoms with Crippen LogP contribution >= 0.6 is 0 Å². The van der Waals surface area contributed by atoms with Gasteiger partial charge in [-0.15, -0.1) is 6.58 Å². The summed E-state index contributed by atoms with van der Waals surface area (Å²) < 4.78 is 78.5. The zero-order valence-electron chi connectivity index (χ0n) is 8.69. The third-order valence-electron chi connectivity index (χ3n) is 1.42. The molecule has 0 fully saturated rings. The summed E-state index contributed by atoms with van der Waals surface area (Å²) in [7, 11) is -4.44. The van der Waals surface area contributed by atoms with E-state index in [0.29, 0.717) is 12.2 Å². The van der Waals surface area contributed by atoms with Crippen LogP contribution in [0.5, 0.6) is 0 Å². The first kappa shape index (κ1) is 16.5. The second-order valence-corrected chi connectivity index (χ2v) is 5.84. The second-order valence-electron chi connectivity index (χ2n) is 2.99. The van der Waals surface area contributed by atoms with E-state index in [1.807, 2.05) is 0 Å². The first-order valence-electron chi connectivity index (χ1n) is 4.06. The zero-order chi connectivity index (χ0) is 14.8. The predicted octanol–water partition coefficient (Wildman–Crippen LogP) is 1.99. The maximum atomic E-state index is 11.8. The molecule has 0 atom stereocenters. The molecule has 104 valence electrons. The third-order valence-corrected chi connectivity index (χ3v) is 3.35. The molecule has 0 aliphatic heterocycles. The highest BCUT2D eigenvalue weighted by atomic mass is 28.4. The monoisotopic (exact) mass is 296 g/mol. The van der Waals surface area contributed by atoms with Gasteiger partial charge in [-0.25, -0.2) is 9.59 Å². The lowest BCUT2D eigenvalue weighted by molar-refractivity contribution is -0.198. The predicted molar refractivity (Wildman–Crippen MR) is 46.1 cm³/mol. The van der Waals surface area contributed by atoms with Crippen LogP contribution < -0.4 is 0 Å². The van der Waals surface area contributed by atoms with Crippen LogP contribution in [0.1, 0.15) is 0 Å². The number of carbonyl (C=O) groups excluding carboxylic acids is 2. The van der Waals surface area contributed by atoms with E-state index in [1.54, 1.807) is 0 Å². The molecule has 0 saturated carbocycles. The van der Waals surface area contributed by atoms with Crippen LogP contribution in [0.15, 0.2) is 12.3 Å². The highest BCUT2D eigenvalue weighted by Crippen LogP contribution is 2.24. The Labute approximate surface area is 97.4 Å². The number of halogens is 6. The summed E-state index contributed by atoms with van der Waals surface area (Å²) in [5.41, 5.74) is 0.445. The van der Waals surface area contributed by atoms with Gasteiger partial charge in [0.15, 0.2) is 0 Å². The molecule has 0 aromatic heterocycles. The maximum absolute atomic E-state index is 11.8. The Morgan fingerprint density at radius 3 is 1.44 bits per heavy atom. The molecule has 0 unspecified atom stereocenters. The number of hydrogen-bond donors (Lipinski definition) is 0. The van der Waals surface area contributed by atoms with Gasteiger partial charge in [-0.05, 0) is 5.70 Å². The van der Waals surface area contributed by atoms with Gasteiger partial charge in [-0.3, -0.25) is 0 Å². The Balaban J connectivity index is 4.90. The molecule has 0 N–H and O–H groups in total. The summed E-state index contributed by atoms with van der Waals surface area (Å²) in [6, 6.07) is 0. The van der Waals surface area contributed by atoms with E-state index in [0.717, 1.165) is 0 Å². The topological polar surface area (TPSA) is 52.6 Å². The van der Waals surface area contributed by atoms with E-state index >= 15 is 0 Å². The van der Waals surface area contributed by atoms with Crippen LogP contribution in [0.2, 0.25) is 6.55 Å². The largest absolute Gasteiger partial charge is 0.489 e. The zero-order valence-corrected chi connectivity index (χ0v) is 9.69. The number of hydrogen-bond acceptors (Lipinski definition) is 4. The molecule has 0 spiro atoms. The van der Waals surface area contributed by atoms with Crippen molar-refractivity contribution in [2.45, 2.75) is 18.9 Å². The smallest absolute Gasteiger partial charge is 0.475 e. The second kappa shape index (κ2) is 5.00. The molecule has 18 heavy (non-hydrogen) atoms. The summed E-state index contributed by atoms with van der Waals surface area (Å²) in [6.45, 7) is 3.51. The van der Waals surface area contributed by atoms with E-state index in [1.165, 1.54) is 0 Å². The van der Waals surface area contributed by atoms with Crippen molar-refractivity contribution in [2.75, 3.05) is 0 Å². The lowest BCUT2D eigenvalue weighted by Gasteiger charge is -2.23. The van der Waals surface area contributed by atoms with Crippen molar-refractivity contribution in [1.82, 2.24) is 0 Å². The minimum Gasteiger partial charge on any atom is -0.475 e. The summed E-state index contributed by atoms with van der Waals surface area (Å²) in [4.78, 5) is 20.9. The highest BCUT2D eigenvalue weighted by molar-refractivity contribution is 6.74. The maximum Gasteiger partial charge on any atom is 0.489 e. The van der Waals surface area contributed by atoms with Crippen molar-refractivity contribution in [3.63, 3.8) is 0 Å². The average molecular weight is 296 g/mol. The summed E-state index contributed by atoms with van der Waals surface area (Å²) >= 11 is 0. The van der Waals surface area contributed by atoms with Crippen LogP contribution in [0.4, 0.5) is 26.3 Å². The number of carbonyl (C=O) groups is 2. The Bertz CT molecular complexity index is 332. The molecule has 4 nitrogen and oxygen atoms in total. The molecule has 0 aliphatic carbocycles. The lowest BCUT2D eigenvalue weighted by atomic mass is 10.7. The molecular formula is C7H6F6O4Si. The Kier molecular flexibility index (Phi) is 4.57. The van der Waals surface area contributed by atoms with Crippen LogP contribution in [0.3, 0.4) is 0 Å². The first-order chi connectivity index (χ1) is 7.82. The van der Waals surface area contributed by atoms with Crippen molar-refractivity contribution in [3.05, 3.63) is 12.3 Å². The van der Waals surface area contributed by atoms with Crippen molar-refractivity contribution in [2.24, 2.45) is 0 Å². The molecule has 0 bridgehead atoms.